The van der Waals surface area contributed by atoms with Crippen molar-refractivity contribution < 1.29 is 42.9 Å². The van der Waals surface area contributed by atoms with Gasteiger partial charge in [-0.1, -0.05) is 140 Å². The average molecular weight is 790 g/mol. The van der Waals surface area contributed by atoms with Crippen LogP contribution in [0.3, 0.4) is 0 Å². The van der Waals surface area contributed by atoms with Crippen LogP contribution in [0.2, 0.25) is 0 Å². The van der Waals surface area contributed by atoms with Crippen LogP contribution in [0, 0.1) is 0 Å². The number of nitrogens with zero attached hydrogens (tertiary/aromatic N) is 1. The Morgan fingerprint density at radius 1 is 0.554 bits per heavy atom. The molecule has 2 unspecified atom stereocenters. The lowest BCUT2D eigenvalue weighted by atomic mass is 10.1. The summed E-state index contributed by atoms with van der Waals surface area (Å²) in [5.41, 5.74) is 0. The van der Waals surface area contributed by atoms with Crippen LogP contribution in [-0.4, -0.2) is 82.3 Å². The second-order valence-electron chi connectivity index (χ2n) is 16.0. The molecular formula is C47H83NO8. The Hall–Kier alpha value is -2.75. The number of allylic oxidation sites excluding steroid dienone is 8. The highest BCUT2D eigenvalue weighted by molar-refractivity contribution is 5.70. The van der Waals surface area contributed by atoms with Gasteiger partial charge in [0.1, 0.15) is 13.2 Å². The number of hydrogen-bond acceptors (Lipinski definition) is 8. The van der Waals surface area contributed by atoms with Crippen molar-refractivity contribution in [3.63, 3.8) is 0 Å². The number of carboxylic acids is 1. The first-order valence-corrected chi connectivity index (χ1v) is 22.3. The summed E-state index contributed by atoms with van der Waals surface area (Å²) < 4.78 is 22.5. The van der Waals surface area contributed by atoms with Gasteiger partial charge in [-0.25, -0.2) is 0 Å². The third-order valence-electron chi connectivity index (χ3n) is 9.31. The first-order valence-electron chi connectivity index (χ1n) is 22.3. The molecular weight excluding hydrogens is 707 g/mol. The van der Waals surface area contributed by atoms with Crippen LogP contribution >= 0.6 is 0 Å². The van der Waals surface area contributed by atoms with Crippen molar-refractivity contribution in [2.45, 2.75) is 187 Å². The summed E-state index contributed by atoms with van der Waals surface area (Å²) in [7, 11) is 5.89. The molecule has 0 aliphatic rings. The van der Waals surface area contributed by atoms with Crippen molar-refractivity contribution in [1.29, 1.82) is 0 Å². The smallest absolute Gasteiger partial charge is 0.306 e. The molecule has 9 nitrogen and oxygen atoms in total. The lowest BCUT2D eigenvalue weighted by molar-refractivity contribution is -0.870. The van der Waals surface area contributed by atoms with E-state index in [9.17, 15) is 19.5 Å². The quantitative estimate of drug-likeness (QED) is 0.0198. The largest absolute Gasteiger partial charge is 0.545 e. The summed E-state index contributed by atoms with van der Waals surface area (Å²) >= 11 is 0. The van der Waals surface area contributed by atoms with E-state index in [-0.39, 0.29) is 38.6 Å². The van der Waals surface area contributed by atoms with Crippen LogP contribution in [-0.2, 0) is 33.3 Å². The average Bonchev–Trinajstić information content (AvgIpc) is 3.15. The van der Waals surface area contributed by atoms with Crippen molar-refractivity contribution in [3.8, 4) is 0 Å². The number of carbonyl (C=O) groups excluding carboxylic acids is 3. The Labute approximate surface area is 342 Å². The third-order valence-corrected chi connectivity index (χ3v) is 9.31. The van der Waals surface area contributed by atoms with Crippen LogP contribution in [0.25, 0.3) is 0 Å². The molecule has 0 bridgehead atoms. The van der Waals surface area contributed by atoms with Gasteiger partial charge < -0.3 is 33.3 Å². The molecule has 0 spiro atoms. The molecule has 0 fully saturated rings. The summed E-state index contributed by atoms with van der Waals surface area (Å²) in [5, 5.41) is 11.7. The van der Waals surface area contributed by atoms with E-state index in [1.54, 1.807) is 0 Å². The number of likely N-dealkylation sites (N-methyl/N-ethyl adjacent to an activating group) is 1. The highest BCUT2D eigenvalue weighted by Gasteiger charge is 2.21. The van der Waals surface area contributed by atoms with E-state index in [2.05, 4.69) is 62.5 Å². The zero-order valence-electron chi connectivity index (χ0n) is 36.5. The van der Waals surface area contributed by atoms with Crippen LogP contribution in [0.1, 0.15) is 174 Å². The van der Waals surface area contributed by atoms with E-state index < -0.39 is 24.3 Å². The van der Waals surface area contributed by atoms with Crippen molar-refractivity contribution in [1.82, 2.24) is 0 Å². The lowest BCUT2D eigenvalue weighted by Gasteiger charge is -2.26. The first kappa shape index (κ1) is 53.2. The molecule has 0 aromatic carbocycles. The van der Waals surface area contributed by atoms with Gasteiger partial charge in [-0.05, 0) is 70.6 Å². The molecule has 0 N–H and O–H groups in total. The van der Waals surface area contributed by atoms with Gasteiger partial charge in [-0.2, -0.15) is 0 Å². The van der Waals surface area contributed by atoms with Gasteiger partial charge >= 0.3 is 11.9 Å². The Balaban J connectivity index is 4.49. The topological polar surface area (TPSA) is 111 Å². The molecule has 0 amide bonds. The molecule has 324 valence electrons. The maximum Gasteiger partial charge on any atom is 0.306 e. The normalized spacial score (nSPS) is 13.4. The molecule has 0 aliphatic carbocycles. The fraction of sp³-hybridized carbons (Fsp3) is 0.766. The highest BCUT2D eigenvalue weighted by Crippen LogP contribution is 2.13. The van der Waals surface area contributed by atoms with Gasteiger partial charge in [-0.15, -0.1) is 0 Å². The van der Waals surface area contributed by atoms with Gasteiger partial charge in [0.05, 0.1) is 40.3 Å². The van der Waals surface area contributed by atoms with Crippen LogP contribution in [0.15, 0.2) is 48.6 Å². The predicted molar refractivity (Wildman–Crippen MR) is 228 cm³/mol. The first-order chi connectivity index (χ1) is 27.1. The van der Waals surface area contributed by atoms with Crippen molar-refractivity contribution in [3.05, 3.63) is 48.6 Å². The SMILES string of the molecule is CC/C=C\C/C=C\C/C=C\CCCCCCCC(=O)OC(COC(=O)CCCCCCC/C=C\CCCCCCCCC)COC(OCC[N+](C)(C)C)C(=O)[O-]. The molecule has 0 heterocycles. The molecule has 0 aromatic rings. The van der Waals surface area contributed by atoms with Gasteiger partial charge in [0.15, 0.2) is 12.4 Å². The van der Waals surface area contributed by atoms with E-state index >= 15 is 0 Å². The number of unbranched alkanes of at least 4 members (excludes halogenated alkanes) is 17. The second kappa shape index (κ2) is 39.1. The number of carboxylic acid groups (broad SMARTS) is 1. The van der Waals surface area contributed by atoms with E-state index in [4.69, 9.17) is 18.9 Å². The fourth-order valence-electron chi connectivity index (χ4n) is 5.84. The Morgan fingerprint density at radius 3 is 1.54 bits per heavy atom. The number of rotatable bonds is 40. The number of quaternary nitrogens is 1. The molecule has 2 atom stereocenters. The molecule has 0 aromatic heterocycles. The molecule has 0 rings (SSSR count). The van der Waals surface area contributed by atoms with Crippen LogP contribution in [0.4, 0.5) is 0 Å². The maximum atomic E-state index is 12.7. The highest BCUT2D eigenvalue weighted by atomic mass is 16.7. The zero-order chi connectivity index (χ0) is 41.4. The maximum absolute atomic E-state index is 12.7. The number of esters is 2. The molecule has 0 saturated carbocycles. The van der Waals surface area contributed by atoms with Crippen LogP contribution in [0.5, 0.6) is 0 Å². The van der Waals surface area contributed by atoms with E-state index in [1.807, 2.05) is 21.1 Å². The van der Waals surface area contributed by atoms with Gasteiger partial charge in [0.25, 0.3) is 0 Å². The van der Waals surface area contributed by atoms with Crippen molar-refractivity contribution >= 4 is 17.9 Å². The Morgan fingerprint density at radius 2 is 1.02 bits per heavy atom. The molecule has 56 heavy (non-hydrogen) atoms. The predicted octanol–water partition coefficient (Wildman–Crippen LogP) is 10.3. The summed E-state index contributed by atoms with van der Waals surface area (Å²) in [5.74, 6) is -2.32. The van der Waals surface area contributed by atoms with Crippen molar-refractivity contribution in [2.75, 3.05) is 47.5 Å². The molecule has 0 radical (unpaired) electrons. The minimum atomic E-state index is -1.63. The molecule has 9 heteroatoms. The summed E-state index contributed by atoms with van der Waals surface area (Å²) in [6.45, 7) is 4.58. The minimum absolute atomic E-state index is 0.141. The fourth-order valence-corrected chi connectivity index (χ4v) is 5.84. The lowest BCUT2D eigenvalue weighted by Crippen LogP contribution is -2.44. The van der Waals surface area contributed by atoms with Gasteiger partial charge in [0.2, 0.25) is 0 Å². The standard InChI is InChI=1S/C47H83NO8/c1-6-8-10-12-14-16-18-20-22-24-25-27-29-31-33-35-37-44(49)54-41-43(42-55-47(46(51)52)53-40-39-48(3,4)5)56-45(50)38-36-34-32-30-28-26-23-21-19-17-15-13-11-9-7-2/h9,11,15,17,21-24,43,47H,6-8,10,12-14,16,18-20,25-42H2,1-5H3/b11-9-,17-15-,23-21-,24-22-. The number of ether oxygens (including phenoxy) is 4. The van der Waals surface area contributed by atoms with Gasteiger partial charge in [-0.3, -0.25) is 9.59 Å². The Kier molecular flexibility index (Phi) is 37.2. The molecule has 0 saturated heterocycles. The zero-order valence-corrected chi connectivity index (χ0v) is 36.5. The summed E-state index contributed by atoms with van der Waals surface area (Å²) in [6, 6.07) is 0. The Bertz CT molecular complexity index is 1060. The second-order valence-corrected chi connectivity index (χ2v) is 16.0. The van der Waals surface area contributed by atoms with E-state index in [1.165, 1.54) is 51.4 Å². The van der Waals surface area contributed by atoms with Gasteiger partial charge in [0, 0.05) is 12.8 Å². The van der Waals surface area contributed by atoms with E-state index in [0.29, 0.717) is 17.4 Å². The monoisotopic (exact) mass is 790 g/mol. The summed E-state index contributed by atoms with van der Waals surface area (Å²) in [6.07, 6.45) is 41.4. The molecule has 0 aliphatic heterocycles. The number of hydrogen-bond donors (Lipinski definition) is 0. The number of aliphatic carboxylic acids is 1. The van der Waals surface area contributed by atoms with Crippen LogP contribution < -0.4 is 5.11 Å². The minimum Gasteiger partial charge on any atom is -0.545 e. The number of carbonyl (C=O) groups is 3. The summed E-state index contributed by atoms with van der Waals surface area (Å²) in [4.78, 5) is 36.9. The third kappa shape index (κ3) is 39.5. The van der Waals surface area contributed by atoms with Crippen molar-refractivity contribution in [2.24, 2.45) is 0 Å². The van der Waals surface area contributed by atoms with E-state index in [0.717, 1.165) is 89.9 Å².